The molecule has 0 aliphatic carbocycles. The Bertz CT molecular complexity index is 1040. The first-order chi connectivity index (χ1) is 13.2. The third-order valence-corrected chi connectivity index (χ3v) is 4.09. The molecule has 4 aromatic rings. The third kappa shape index (κ3) is 3.71. The highest BCUT2D eigenvalue weighted by atomic mass is 16.1. The number of hydrogen-bond acceptors (Lipinski definition) is 6. The minimum atomic E-state index is -0.201. The Labute approximate surface area is 154 Å². The van der Waals surface area contributed by atoms with Crippen molar-refractivity contribution < 1.29 is 4.79 Å². The number of carbonyl (C=O) groups excluding carboxylic acids is 1. The zero-order valence-corrected chi connectivity index (χ0v) is 14.5. The topological polar surface area (TPSA) is 103 Å². The molecular formula is C18H16N8O. The minimum Gasteiger partial charge on any atom is -0.322 e. The lowest BCUT2D eigenvalue weighted by molar-refractivity contribution is 0.102. The van der Waals surface area contributed by atoms with Gasteiger partial charge in [0.2, 0.25) is 0 Å². The van der Waals surface area contributed by atoms with Crippen LogP contribution in [0.4, 0.5) is 5.69 Å². The van der Waals surface area contributed by atoms with Gasteiger partial charge in [0.15, 0.2) is 0 Å². The maximum atomic E-state index is 12.6. The summed E-state index contributed by atoms with van der Waals surface area (Å²) in [5.74, 6) is -0.201. The number of aryl methyl sites for hydroxylation is 1. The Kier molecular flexibility index (Phi) is 4.40. The van der Waals surface area contributed by atoms with Crippen LogP contribution in [0.2, 0.25) is 0 Å². The molecular weight excluding hydrogens is 344 g/mol. The highest BCUT2D eigenvalue weighted by Crippen LogP contribution is 2.17. The summed E-state index contributed by atoms with van der Waals surface area (Å²) >= 11 is 0. The molecule has 27 heavy (non-hydrogen) atoms. The SMILES string of the molecule is Cc1ccc(C(=O)Nc2ccc(Cn3cncn3)cc2)cc1-n1cnnn1. The molecule has 0 spiro atoms. The number of amides is 1. The van der Waals surface area contributed by atoms with Crippen molar-refractivity contribution in [2.45, 2.75) is 13.5 Å². The molecule has 0 radical (unpaired) electrons. The minimum absolute atomic E-state index is 0.201. The summed E-state index contributed by atoms with van der Waals surface area (Å²) in [4.78, 5) is 16.5. The van der Waals surface area contributed by atoms with Crippen molar-refractivity contribution in [3.05, 3.63) is 78.1 Å². The van der Waals surface area contributed by atoms with E-state index in [0.29, 0.717) is 17.8 Å². The van der Waals surface area contributed by atoms with Gasteiger partial charge in [-0.1, -0.05) is 18.2 Å². The quantitative estimate of drug-likeness (QED) is 0.583. The van der Waals surface area contributed by atoms with Gasteiger partial charge < -0.3 is 5.32 Å². The third-order valence-electron chi connectivity index (χ3n) is 4.09. The molecule has 1 amide bonds. The second-order valence-corrected chi connectivity index (χ2v) is 6.00. The van der Waals surface area contributed by atoms with Crippen LogP contribution in [0, 0.1) is 6.92 Å². The fraction of sp³-hybridized carbons (Fsp3) is 0.111. The van der Waals surface area contributed by atoms with Gasteiger partial charge in [-0.2, -0.15) is 5.10 Å². The number of tetrazole rings is 1. The Morgan fingerprint density at radius 3 is 2.67 bits per heavy atom. The number of nitrogens with zero attached hydrogens (tertiary/aromatic N) is 7. The van der Waals surface area contributed by atoms with E-state index in [4.69, 9.17) is 0 Å². The molecule has 0 saturated heterocycles. The largest absolute Gasteiger partial charge is 0.322 e. The smallest absolute Gasteiger partial charge is 0.255 e. The molecule has 9 heteroatoms. The van der Waals surface area contributed by atoms with Gasteiger partial charge in [0.1, 0.15) is 19.0 Å². The zero-order chi connectivity index (χ0) is 18.6. The Hall–Kier alpha value is -3.88. The van der Waals surface area contributed by atoms with Crippen LogP contribution in [0.3, 0.4) is 0 Å². The number of aromatic nitrogens is 7. The number of rotatable bonds is 5. The van der Waals surface area contributed by atoms with E-state index < -0.39 is 0 Å². The van der Waals surface area contributed by atoms with Gasteiger partial charge in [-0.3, -0.25) is 4.79 Å². The van der Waals surface area contributed by atoms with E-state index in [1.807, 2.05) is 37.3 Å². The zero-order valence-electron chi connectivity index (χ0n) is 14.5. The van der Waals surface area contributed by atoms with E-state index >= 15 is 0 Å². The van der Waals surface area contributed by atoms with Crippen LogP contribution in [-0.4, -0.2) is 40.9 Å². The fourth-order valence-electron chi connectivity index (χ4n) is 2.67. The van der Waals surface area contributed by atoms with Crippen LogP contribution in [0.5, 0.6) is 0 Å². The van der Waals surface area contributed by atoms with E-state index in [-0.39, 0.29) is 5.91 Å². The molecule has 1 N–H and O–H groups in total. The lowest BCUT2D eigenvalue weighted by Crippen LogP contribution is -2.13. The second-order valence-electron chi connectivity index (χ2n) is 6.00. The number of nitrogens with one attached hydrogen (secondary N) is 1. The number of hydrogen-bond donors (Lipinski definition) is 1. The molecule has 2 heterocycles. The second kappa shape index (κ2) is 7.16. The van der Waals surface area contributed by atoms with Gasteiger partial charge in [0.25, 0.3) is 5.91 Å². The van der Waals surface area contributed by atoms with E-state index in [1.54, 1.807) is 23.1 Å². The highest BCUT2D eigenvalue weighted by Gasteiger charge is 2.10. The maximum Gasteiger partial charge on any atom is 0.255 e. The van der Waals surface area contributed by atoms with Crippen LogP contribution in [0.15, 0.2) is 61.4 Å². The van der Waals surface area contributed by atoms with Gasteiger partial charge in [-0.25, -0.2) is 14.3 Å². The Morgan fingerprint density at radius 2 is 1.96 bits per heavy atom. The molecule has 0 aliphatic rings. The molecule has 0 unspecified atom stereocenters. The van der Waals surface area contributed by atoms with Crippen molar-refractivity contribution in [2.75, 3.05) is 5.32 Å². The number of anilines is 1. The molecule has 0 fully saturated rings. The van der Waals surface area contributed by atoms with Crippen LogP contribution in [-0.2, 0) is 6.54 Å². The van der Waals surface area contributed by atoms with Crippen LogP contribution >= 0.6 is 0 Å². The summed E-state index contributed by atoms with van der Waals surface area (Å²) in [7, 11) is 0. The first-order valence-electron chi connectivity index (χ1n) is 8.26. The molecule has 4 rings (SSSR count). The summed E-state index contributed by atoms with van der Waals surface area (Å²) in [6.45, 7) is 2.56. The molecule has 0 atom stereocenters. The van der Waals surface area contributed by atoms with Crippen LogP contribution in [0.25, 0.3) is 5.69 Å². The van der Waals surface area contributed by atoms with Crippen LogP contribution < -0.4 is 5.32 Å². The average Bonchev–Trinajstić information content (AvgIpc) is 3.38. The average molecular weight is 360 g/mol. The maximum absolute atomic E-state index is 12.6. The van der Waals surface area contributed by atoms with E-state index in [0.717, 1.165) is 16.8 Å². The summed E-state index contributed by atoms with van der Waals surface area (Å²) in [6, 6.07) is 13.0. The molecule has 0 aliphatic heterocycles. The molecule has 2 aromatic heterocycles. The van der Waals surface area contributed by atoms with Gasteiger partial charge in [-0.05, 0) is 52.7 Å². The van der Waals surface area contributed by atoms with Crippen molar-refractivity contribution in [3.63, 3.8) is 0 Å². The molecule has 2 aromatic carbocycles. The van der Waals surface area contributed by atoms with Crippen molar-refractivity contribution in [1.29, 1.82) is 0 Å². The summed E-state index contributed by atoms with van der Waals surface area (Å²) in [5, 5.41) is 18.1. The standard InChI is InChI=1S/C18H16N8O/c1-13-2-5-15(8-17(13)26-12-20-23-24-26)18(27)22-16-6-3-14(4-7-16)9-25-11-19-10-21-25/h2-8,10-12H,9H2,1H3,(H,22,27). The van der Waals surface area contributed by atoms with Crippen molar-refractivity contribution >= 4 is 11.6 Å². The lowest BCUT2D eigenvalue weighted by atomic mass is 10.1. The predicted molar refractivity (Wildman–Crippen MR) is 97.4 cm³/mol. The van der Waals surface area contributed by atoms with E-state index in [9.17, 15) is 4.79 Å². The fourth-order valence-corrected chi connectivity index (χ4v) is 2.67. The van der Waals surface area contributed by atoms with Gasteiger partial charge in [-0.15, -0.1) is 5.10 Å². The monoisotopic (exact) mass is 360 g/mol. The van der Waals surface area contributed by atoms with Gasteiger partial charge in [0, 0.05) is 11.3 Å². The van der Waals surface area contributed by atoms with Crippen molar-refractivity contribution in [3.8, 4) is 5.69 Å². The number of benzene rings is 2. The Morgan fingerprint density at radius 1 is 1.11 bits per heavy atom. The molecule has 0 saturated carbocycles. The van der Waals surface area contributed by atoms with Gasteiger partial charge >= 0.3 is 0 Å². The number of carbonyl (C=O) groups is 1. The Balaban J connectivity index is 1.48. The van der Waals surface area contributed by atoms with E-state index in [2.05, 4.69) is 30.9 Å². The molecule has 0 bridgehead atoms. The van der Waals surface area contributed by atoms with Crippen LogP contribution in [0.1, 0.15) is 21.5 Å². The summed E-state index contributed by atoms with van der Waals surface area (Å²) in [5.41, 5.74) is 4.03. The van der Waals surface area contributed by atoms with Gasteiger partial charge in [0.05, 0.1) is 12.2 Å². The molecule has 9 nitrogen and oxygen atoms in total. The first-order valence-corrected chi connectivity index (χ1v) is 8.26. The van der Waals surface area contributed by atoms with E-state index in [1.165, 1.54) is 17.3 Å². The summed E-state index contributed by atoms with van der Waals surface area (Å²) < 4.78 is 3.27. The van der Waals surface area contributed by atoms with Crippen molar-refractivity contribution in [1.82, 2.24) is 35.0 Å². The molecule has 134 valence electrons. The highest BCUT2D eigenvalue weighted by molar-refractivity contribution is 6.04. The predicted octanol–water partition coefficient (Wildman–Crippen LogP) is 1.86. The lowest BCUT2D eigenvalue weighted by Gasteiger charge is -2.09. The first kappa shape index (κ1) is 16.6. The summed E-state index contributed by atoms with van der Waals surface area (Å²) in [6.07, 6.45) is 4.66. The van der Waals surface area contributed by atoms with Crippen molar-refractivity contribution in [2.24, 2.45) is 0 Å². The normalized spacial score (nSPS) is 10.7.